The van der Waals surface area contributed by atoms with Crippen molar-refractivity contribution in [1.82, 2.24) is 19.9 Å². The molecule has 2 N–H and O–H groups in total. The Morgan fingerprint density at radius 2 is 1.84 bits per heavy atom. The number of halogens is 1. The molecule has 1 aromatic carbocycles. The number of nitrogens with one attached hydrogen (secondary N) is 1. The molecule has 9 heteroatoms. The van der Waals surface area contributed by atoms with Crippen LogP contribution in [0.5, 0.6) is 0 Å². The van der Waals surface area contributed by atoms with E-state index in [4.69, 9.17) is 16.3 Å². The van der Waals surface area contributed by atoms with Gasteiger partial charge in [-0.05, 0) is 78.0 Å². The fraction of sp³-hybridized carbons (Fsp3) is 0.500. The monoisotopic (exact) mass is 525 g/mol. The van der Waals surface area contributed by atoms with Crippen LogP contribution in [-0.2, 0) is 10.3 Å². The summed E-state index contributed by atoms with van der Waals surface area (Å²) in [6, 6.07) is 6.01. The molecule has 37 heavy (non-hydrogen) atoms. The number of fused-ring (bicyclic) bond motifs is 1. The number of nitrogens with zero attached hydrogens (tertiary/aromatic N) is 4. The van der Waals surface area contributed by atoms with E-state index >= 15 is 0 Å². The molecule has 0 radical (unpaired) electrons. The maximum absolute atomic E-state index is 12.6. The first-order valence-electron chi connectivity index (χ1n) is 12.7. The number of carbonyl (C=O) groups is 1. The zero-order valence-corrected chi connectivity index (χ0v) is 23.1. The minimum Gasteiger partial charge on any atom is -0.444 e. The van der Waals surface area contributed by atoms with Gasteiger partial charge in [-0.3, -0.25) is 4.98 Å². The zero-order valence-electron chi connectivity index (χ0n) is 22.4. The van der Waals surface area contributed by atoms with Gasteiger partial charge < -0.3 is 20.1 Å². The van der Waals surface area contributed by atoms with Gasteiger partial charge in [-0.25, -0.2) is 14.8 Å². The van der Waals surface area contributed by atoms with Gasteiger partial charge in [0.2, 0.25) is 0 Å². The average molecular weight is 526 g/mol. The third-order valence-electron chi connectivity index (χ3n) is 6.54. The van der Waals surface area contributed by atoms with Gasteiger partial charge in [-0.1, -0.05) is 17.7 Å². The predicted octanol–water partition coefficient (Wildman–Crippen LogP) is 6.02. The van der Waals surface area contributed by atoms with Crippen LogP contribution in [0.3, 0.4) is 0 Å². The predicted molar refractivity (Wildman–Crippen MR) is 147 cm³/mol. The van der Waals surface area contributed by atoms with Crippen LogP contribution >= 0.6 is 11.6 Å². The van der Waals surface area contributed by atoms with Gasteiger partial charge in [-0.2, -0.15) is 0 Å². The molecule has 1 amide bonds. The summed E-state index contributed by atoms with van der Waals surface area (Å²) in [4.78, 5) is 27.6. The quantitative estimate of drug-likeness (QED) is 0.420. The third kappa shape index (κ3) is 6.48. The van der Waals surface area contributed by atoms with E-state index < -0.39 is 11.2 Å². The number of hydrogen-bond donors (Lipinski definition) is 2. The Bertz CT molecular complexity index is 1270. The van der Waals surface area contributed by atoms with Gasteiger partial charge >= 0.3 is 6.09 Å². The Morgan fingerprint density at radius 3 is 2.49 bits per heavy atom. The lowest BCUT2D eigenvalue weighted by Gasteiger charge is -2.37. The summed E-state index contributed by atoms with van der Waals surface area (Å²) >= 11 is 6.65. The molecule has 198 valence electrons. The summed E-state index contributed by atoms with van der Waals surface area (Å²) in [6.07, 6.45) is 6.74. The van der Waals surface area contributed by atoms with Gasteiger partial charge in [0.05, 0.1) is 16.2 Å². The van der Waals surface area contributed by atoms with Crippen molar-refractivity contribution in [1.29, 1.82) is 0 Å². The van der Waals surface area contributed by atoms with Gasteiger partial charge in [-0.15, -0.1) is 0 Å². The number of aromatic nitrogens is 3. The average Bonchev–Trinajstić information content (AvgIpc) is 2.84. The number of benzene rings is 1. The number of hydrogen-bond acceptors (Lipinski definition) is 7. The third-order valence-corrected chi connectivity index (χ3v) is 6.83. The second kappa shape index (κ2) is 10.4. The minimum atomic E-state index is -1.11. The SMILES string of the molecule is C[C@H](Nc1c(Cl)cnc2ccc(-c3cnc(C(C)(C)O)nc3)cc12)C1CCCN(C(=O)OC(C)(C)C)C1. The topological polar surface area (TPSA) is 100 Å². The highest BCUT2D eigenvalue weighted by atomic mass is 35.5. The minimum absolute atomic E-state index is 0.0615. The highest BCUT2D eigenvalue weighted by Gasteiger charge is 2.30. The van der Waals surface area contributed by atoms with Crippen molar-refractivity contribution >= 4 is 34.3 Å². The van der Waals surface area contributed by atoms with Crippen molar-refractivity contribution < 1.29 is 14.6 Å². The molecule has 0 saturated carbocycles. The summed E-state index contributed by atoms with van der Waals surface area (Å²) in [6.45, 7) is 12.4. The summed E-state index contributed by atoms with van der Waals surface area (Å²) in [5.74, 6) is 0.609. The number of ether oxygens (including phenoxy) is 1. The van der Waals surface area contributed by atoms with Gasteiger partial charge in [0, 0.05) is 48.7 Å². The largest absolute Gasteiger partial charge is 0.444 e. The lowest BCUT2D eigenvalue weighted by molar-refractivity contribution is 0.0159. The summed E-state index contributed by atoms with van der Waals surface area (Å²) < 4.78 is 5.59. The molecule has 2 atom stereocenters. The highest BCUT2D eigenvalue weighted by molar-refractivity contribution is 6.34. The van der Waals surface area contributed by atoms with Crippen LogP contribution in [0.15, 0.2) is 36.8 Å². The smallest absolute Gasteiger partial charge is 0.410 e. The van der Waals surface area contributed by atoms with Crippen molar-refractivity contribution in [3.05, 3.63) is 47.6 Å². The zero-order chi connectivity index (χ0) is 27.0. The van der Waals surface area contributed by atoms with Crippen LogP contribution in [0.1, 0.15) is 60.2 Å². The van der Waals surface area contributed by atoms with Crippen molar-refractivity contribution in [2.24, 2.45) is 5.92 Å². The first kappa shape index (κ1) is 27.1. The van der Waals surface area contributed by atoms with E-state index in [9.17, 15) is 9.90 Å². The highest BCUT2D eigenvalue weighted by Crippen LogP contribution is 2.35. The van der Waals surface area contributed by atoms with Crippen LogP contribution in [0.4, 0.5) is 10.5 Å². The molecular weight excluding hydrogens is 490 g/mol. The van der Waals surface area contributed by atoms with Gasteiger partial charge in [0.15, 0.2) is 5.82 Å². The molecule has 1 saturated heterocycles. The molecule has 3 aromatic rings. The Kier molecular flexibility index (Phi) is 7.62. The van der Waals surface area contributed by atoms with Gasteiger partial charge in [0.1, 0.15) is 11.2 Å². The second-order valence-electron chi connectivity index (χ2n) is 11.3. The van der Waals surface area contributed by atoms with Crippen molar-refractivity contribution in [2.75, 3.05) is 18.4 Å². The Morgan fingerprint density at radius 1 is 1.14 bits per heavy atom. The molecule has 1 unspecified atom stereocenters. The number of anilines is 1. The number of pyridine rings is 1. The van der Waals surface area contributed by atoms with E-state index in [2.05, 4.69) is 27.2 Å². The van der Waals surface area contributed by atoms with E-state index in [1.165, 1.54) is 0 Å². The van der Waals surface area contributed by atoms with Crippen molar-refractivity contribution in [3.8, 4) is 11.1 Å². The molecular formula is C28H36ClN5O3. The van der Waals surface area contributed by atoms with E-state index in [-0.39, 0.29) is 18.1 Å². The number of rotatable bonds is 5. The fourth-order valence-corrected chi connectivity index (χ4v) is 4.75. The molecule has 1 aliphatic rings. The second-order valence-corrected chi connectivity index (χ2v) is 11.7. The first-order chi connectivity index (χ1) is 17.3. The maximum Gasteiger partial charge on any atom is 0.410 e. The molecule has 0 bridgehead atoms. The lowest BCUT2D eigenvalue weighted by Crippen LogP contribution is -2.46. The normalized spacial score (nSPS) is 17.5. The van der Waals surface area contributed by atoms with E-state index in [1.54, 1.807) is 37.3 Å². The molecule has 4 rings (SSSR count). The Balaban J connectivity index is 1.57. The number of likely N-dealkylation sites (tertiary alicyclic amines) is 1. The summed E-state index contributed by atoms with van der Waals surface area (Å²) in [5.41, 5.74) is 1.75. The molecule has 1 fully saturated rings. The molecule has 0 spiro atoms. The number of aliphatic hydroxyl groups is 1. The number of amides is 1. The Labute approximate surface area is 223 Å². The standard InChI is InChI=1S/C28H36ClN5O3/c1-17(19-8-7-11-34(16-19)26(35)37-27(2,3)4)33-24-21-12-18(9-10-23(21)30-15-22(24)29)20-13-31-25(32-14-20)28(5,6)36/h9-10,12-15,17,19,36H,7-8,11,16H2,1-6H3,(H,30,33)/t17-,19?/m0/s1. The summed E-state index contributed by atoms with van der Waals surface area (Å²) in [5, 5.41) is 15.2. The van der Waals surface area contributed by atoms with Crippen LogP contribution < -0.4 is 5.32 Å². The lowest BCUT2D eigenvalue weighted by atomic mass is 9.91. The van der Waals surface area contributed by atoms with Crippen LogP contribution in [0.2, 0.25) is 5.02 Å². The molecule has 0 aliphatic carbocycles. The molecule has 8 nitrogen and oxygen atoms in total. The molecule has 3 heterocycles. The summed E-state index contributed by atoms with van der Waals surface area (Å²) in [7, 11) is 0. The molecule has 1 aliphatic heterocycles. The number of carbonyl (C=O) groups excluding carboxylic acids is 1. The van der Waals surface area contributed by atoms with E-state index in [0.717, 1.165) is 40.6 Å². The van der Waals surface area contributed by atoms with Crippen molar-refractivity contribution in [3.63, 3.8) is 0 Å². The first-order valence-corrected chi connectivity index (χ1v) is 13.1. The van der Waals surface area contributed by atoms with Crippen LogP contribution in [0, 0.1) is 5.92 Å². The maximum atomic E-state index is 12.6. The van der Waals surface area contributed by atoms with Gasteiger partial charge in [0.25, 0.3) is 0 Å². The van der Waals surface area contributed by atoms with Crippen molar-refractivity contribution in [2.45, 2.75) is 71.6 Å². The molecule has 2 aromatic heterocycles. The number of piperidine rings is 1. The van der Waals surface area contributed by atoms with E-state index in [1.807, 2.05) is 39.0 Å². The van der Waals surface area contributed by atoms with Crippen LogP contribution in [-0.4, -0.2) is 55.8 Å². The van der Waals surface area contributed by atoms with E-state index in [0.29, 0.717) is 23.9 Å². The Hall–Kier alpha value is -2.97. The van der Waals surface area contributed by atoms with Crippen LogP contribution in [0.25, 0.3) is 22.0 Å². The fourth-order valence-electron chi connectivity index (χ4n) is 4.54.